The molecule has 0 aliphatic rings. The van der Waals surface area contributed by atoms with Gasteiger partial charge in [-0.3, -0.25) is 0 Å². The van der Waals surface area contributed by atoms with Crippen molar-refractivity contribution in [1.29, 1.82) is 0 Å². The van der Waals surface area contributed by atoms with Crippen LogP contribution in [0.3, 0.4) is 0 Å². The van der Waals surface area contributed by atoms with E-state index in [1.54, 1.807) is 12.3 Å². The van der Waals surface area contributed by atoms with Crippen molar-refractivity contribution in [2.45, 2.75) is 6.92 Å². The van der Waals surface area contributed by atoms with Crippen LogP contribution >= 0.6 is 11.6 Å². The van der Waals surface area contributed by atoms with Gasteiger partial charge in [0.15, 0.2) is 5.65 Å². The van der Waals surface area contributed by atoms with Crippen LogP contribution in [-0.4, -0.2) is 14.5 Å². The molecule has 0 amide bonds. The van der Waals surface area contributed by atoms with Gasteiger partial charge in [-0.1, -0.05) is 11.6 Å². The van der Waals surface area contributed by atoms with Crippen molar-refractivity contribution in [3.05, 3.63) is 23.1 Å². The number of hydrogen-bond donors (Lipinski definition) is 0. The molecular formula is C8H8ClN3. The third-order valence-corrected chi connectivity index (χ3v) is 2.25. The molecule has 0 spiro atoms. The van der Waals surface area contributed by atoms with E-state index in [1.165, 1.54) is 0 Å². The molecule has 0 saturated heterocycles. The summed E-state index contributed by atoms with van der Waals surface area (Å²) in [6, 6.07) is 1.77. The molecule has 0 aliphatic carbocycles. The van der Waals surface area contributed by atoms with E-state index in [-0.39, 0.29) is 0 Å². The van der Waals surface area contributed by atoms with Gasteiger partial charge >= 0.3 is 0 Å². The van der Waals surface area contributed by atoms with E-state index < -0.39 is 0 Å². The number of pyridine rings is 1. The van der Waals surface area contributed by atoms with E-state index in [0.29, 0.717) is 10.7 Å². The van der Waals surface area contributed by atoms with Crippen molar-refractivity contribution in [2.24, 2.45) is 7.05 Å². The van der Waals surface area contributed by atoms with Gasteiger partial charge in [-0.2, -0.15) is 0 Å². The van der Waals surface area contributed by atoms with Gasteiger partial charge in [-0.05, 0) is 13.0 Å². The lowest BCUT2D eigenvalue weighted by Gasteiger charge is -1.96. The van der Waals surface area contributed by atoms with E-state index in [4.69, 9.17) is 11.6 Å². The van der Waals surface area contributed by atoms with E-state index in [2.05, 4.69) is 9.97 Å². The van der Waals surface area contributed by atoms with Crippen LogP contribution in [0.5, 0.6) is 0 Å². The van der Waals surface area contributed by atoms with Gasteiger partial charge < -0.3 is 4.57 Å². The zero-order chi connectivity index (χ0) is 8.72. The third kappa shape index (κ3) is 0.898. The second-order valence-corrected chi connectivity index (χ2v) is 3.09. The van der Waals surface area contributed by atoms with Crippen LogP contribution in [0.4, 0.5) is 0 Å². The number of aromatic nitrogens is 3. The lowest BCUT2D eigenvalue weighted by molar-refractivity contribution is 0.886. The molecule has 0 saturated carbocycles. The predicted octanol–water partition coefficient (Wildman–Crippen LogP) is 1.93. The highest BCUT2D eigenvalue weighted by molar-refractivity contribution is 6.34. The first-order chi connectivity index (χ1) is 5.70. The minimum Gasteiger partial charge on any atom is -0.329 e. The summed E-state index contributed by atoms with van der Waals surface area (Å²) in [5, 5.41) is 0.697. The van der Waals surface area contributed by atoms with Gasteiger partial charge in [0.2, 0.25) is 0 Å². The third-order valence-electron chi connectivity index (χ3n) is 1.94. The maximum Gasteiger partial charge on any atom is 0.179 e. The van der Waals surface area contributed by atoms with Crippen LogP contribution < -0.4 is 0 Å². The molecule has 12 heavy (non-hydrogen) atoms. The minimum absolute atomic E-state index is 0.697. The molecular weight excluding hydrogens is 174 g/mol. The lowest BCUT2D eigenvalue weighted by atomic mass is 10.4. The largest absolute Gasteiger partial charge is 0.329 e. The maximum absolute atomic E-state index is 5.97. The van der Waals surface area contributed by atoms with Gasteiger partial charge in [0.1, 0.15) is 11.3 Å². The fourth-order valence-electron chi connectivity index (χ4n) is 1.20. The summed E-state index contributed by atoms with van der Waals surface area (Å²) in [4.78, 5) is 8.35. The van der Waals surface area contributed by atoms with E-state index in [1.807, 2.05) is 18.5 Å². The van der Waals surface area contributed by atoms with Crippen molar-refractivity contribution in [3.63, 3.8) is 0 Å². The first kappa shape index (κ1) is 7.55. The molecule has 0 atom stereocenters. The van der Waals surface area contributed by atoms with Gasteiger partial charge in [0.05, 0.1) is 5.02 Å². The zero-order valence-corrected chi connectivity index (χ0v) is 7.63. The molecule has 0 aromatic carbocycles. The molecule has 62 valence electrons. The van der Waals surface area contributed by atoms with E-state index in [0.717, 1.165) is 11.3 Å². The van der Waals surface area contributed by atoms with Crippen LogP contribution in [0.25, 0.3) is 11.2 Å². The Bertz CT molecular complexity index is 433. The monoisotopic (exact) mass is 181 g/mol. The molecule has 0 fully saturated rings. The Balaban J connectivity index is 2.97. The number of aryl methyl sites for hydroxylation is 2. The van der Waals surface area contributed by atoms with Gasteiger partial charge in [-0.15, -0.1) is 0 Å². The molecule has 2 rings (SSSR count). The Labute approximate surface area is 75.0 Å². The van der Waals surface area contributed by atoms with Crippen molar-refractivity contribution < 1.29 is 0 Å². The van der Waals surface area contributed by atoms with Gasteiger partial charge in [0.25, 0.3) is 0 Å². The molecule has 0 radical (unpaired) electrons. The summed E-state index contributed by atoms with van der Waals surface area (Å²) in [6.45, 7) is 1.93. The highest BCUT2D eigenvalue weighted by Gasteiger charge is 2.07. The quantitative estimate of drug-likeness (QED) is 0.622. The normalized spacial score (nSPS) is 10.9. The summed E-state index contributed by atoms with van der Waals surface area (Å²) < 4.78 is 1.94. The summed E-state index contributed by atoms with van der Waals surface area (Å²) >= 11 is 5.97. The number of imidazole rings is 1. The van der Waals surface area contributed by atoms with Crippen LogP contribution in [0.15, 0.2) is 12.3 Å². The second kappa shape index (κ2) is 2.45. The van der Waals surface area contributed by atoms with Crippen molar-refractivity contribution in [3.8, 4) is 0 Å². The maximum atomic E-state index is 5.97. The molecule has 0 aliphatic heterocycles. The molecule has 2 aromatic heterocycles. The molecule has 0 N–H and O–H groups in total. The van der Waals surface area contributed by atoms with Crippen LogP contribution in [0, 0.1) is 6.92 Å². The topological polar surface area (TPSA) is 30.7 Å². The standard InChI is InChI=1S/C8H8ClN3/c1-5-11-8-7(12(5)2)6(9)3-4-10-8/h3-4H,1-2H3. The Hall–Kier alpha value is -1.09. The number of fused-ring (bicyclic) bond motifs is 1. The van der Waals surface area contributed by atoms with E-state index in [9.17, 15) is 0 Å². The Kier molecular flexibility index (Phi) is 1.54. The Morgan fingerprint density at radius 3 is 2.92 bits per heavy atom. The molecule has 3 nitrogen and oxygen atoms in total. The van der Waals surface area contributed by atoms with Gasteiger partial charge in [-0.25, -0.2) is 9.97 Å². The molecule has 4 heteroatoms. The second-order valence-electron chi connectivity index (χ2n) is 2.68. The lowest BCUT2D eigenvalue weighted by Crippen LogP contribution is -1.90. The first-order valence-electron chi connectivity index (χ1n) is 3.63. The number of rotatable bonds is 0. The number of halogens is 1. The van der Waals surface area contributed by atoms with Crippen LogP contribution in [0.2, 0.25) is 5.02 Å². The molecule has 0 bridgehead atoms. The minimum atomic E-state index is 0.697. The SMILES string of the molecule is Cc1nc2nccc(Cl)c2n1C. The highest BCUT2D eigenvalue weighted by atomic mass is 35.5. The van der Waals surface area contributed by atoms with Crippen LogP contribution in [-0.2, 0) is 7.05 Å². The summed E-state index contributed by atoms with van der Waals surface area (Å²) in [5.74, 6) is 0.922. The first-order valence-corrected chi connectivity index (χ1v) is 4.01. The Morgan fingerprint density at radius 1 is 1.50 bits per heavy atom. The van der Waals surface area contributed by atoms with Crippen molar-refractivity contribution in [2.75, 3.05) is 0 Å². The van der Waals surface area contributed by atoms with Gasteiger partial charge in [0, 0.05) is 13.2 Å². The van der Waals surface area contributed by atoms with E-state index >= 15 is 0 Å². The molecule has 0 unspecified atom stereocenters. The fourth-order valence-corrected chi connectivity index (χ4v) is 1.47. The highest BCUT2D eigenvalue weighted by Crippen LogP contribution is 2.20. The Morgan fingerprint density at radius 2 is 2.25 bits per heavy atom. The number of hydrogen-bond acceptors (Lipinski definition) is 2. The fraction of sp³-hybridized carbons (Fsp3) is 0.250. The molecule has 2 aromatic rings. The number of nitrogens with zero attached hydrogens (tertiary/aromatic N) is 3. The summed E-state index contributed by atoms with van der Waals surface area (Å²) in [6.07, 6.45) is 1.66. The zero-order valence-electron chi connectivity index (χ0n) is 6.87. The average molecular weight is 182 g/mol. The smallest absolute Gasteiger partial charge is 0.179 e. The summed E-state index contributed by atoms with van der Waals surface area (Å²) in [7, 11) is 1.93. The van der Waals surface area contributed by atoms with Crippen molar-refractivity contribution in [1.82, 2.24) is 14.5 Å². The predicted molar refractivity (Wildman–Crippen MR) is 48.3 cm³/mol. The summed E-state index contributed by atoms with van der Waals surface area (Å²) in [5.41, 5.74) is 1.61. The average Bonchev–Trinajstić information content (AvgIpc) is 2.29. The van der Waals surface area contributed by atoms with Crippen molar-refractivity contribution >= 4 is 22.8 Å². The molecule has 2 heterocycles. The van der Waals surface area contributed by atoms with Crippen LogP contribution in [0.1, 0.15) is 5.82 Å².